The molecule has 5 nitrogen and oxygen atoms in total. The largest absolute Gasteiger partial charge is 0.489 e. The summed E-state index contributed by atoms with van der Waals surface area (Å²) in [5.41, 5.74) is 1.87. The van der Waals surface area contributed by atoms with E-state index >= 15 is 0 Å². The summed E-state index contributed by atoms with van der Waals surface area (Å²) < 4.78 is 43.5. The van der Waals surface area contributed by atoms with Gasteiger partial charge in [0.25, 0.3) is 10.0 Å². The van der Waals surface area contributed by atoms with Gasteiger partial charge in [-0.3, -0.25) is 0 Å². The summed E-state index contributed by atoms with van der Waals surface area (Å²) in [6.07, 6.45) is 0.396. The maximum absolute atomic E-state index is 13.7. The van der Waals surface area contributed by atoms with E-state index in [0.717, 1.165) is 5.56 Å². The summed E-state index contributed by atoms with van der Waals surface area (Å²) in [5.74, 6) is -0.386. The molecule has 0 fully saturated rings. The SMILES string of the molecule is Cc1ccc(S(=O)(=O)NN=C2CCOc3c(F)cccc32)cc1. The van der Waals surface area contributed by atoms with Gasteiger partial charge in [0.15, 0.2) is 11.6 Å². The Labute approximate surface area is 133 Å². The Morgan fingerprint density at radius 2 is 1.91 bits per heavy atom. The van der Waals surface area contributed by atoms with Crippen molar-refractivity contribution in [2.45, 2.75) is 18.2 Å². The van der Waals surface area contributed by atoms with Gasteiger partial charge in [-0.1, -0.05) is 23.8 Å². The Morgan fingerprint density at radius 1 is 1.17 bits per heavy atom. The van der Waals surface area contributed by atoms with Crippen molar-refractivity contribution in [1.29, 1.82) is 0 Å². The number of aryl methyl sites for hydroxylation is 1. The number of benzene rings is 2. The second-order valence-corrected chi connectivity index (χ2v) is 6.84. The van der Waals surface area contributed by atoms with Crippen LogP contribution in [0.5, 0.6) is 5.75 Å². The van der Waals surface area contributed by atoms with Crippen molar-refractivity contribution in [3.63, 3.8) is 0 Å². The second-order valence-electron chi connectivity index (χ2n) is 5.18. The molecule has 3 rings (SSSR count). The normalized spacial score (nSPS) is 15.8. The van der Waals surface area contributed by atoms with Crippen molar-refractivity contribution >= 4 is 15.7 Å². The lowest BCUT2D eigenvalue weighted by Crippen LogP contribution is -2.24. The third kappa shape index (κ3) is 3.19. The zero-order valence-electron chi connectivity index (χ0n) is 12.4. The smallest absolute Gasteiger partial charge is 0.276 e. The highest BCUT2D eigenvalue weighted by atomic mass is 32.2. The summed E-state index contributed by atoms with van der Waals surface area (Å²) in [6, 6.07) is 10.9. The molecular weight excluding hydrogens is 319 g/mol. The van der Waals surface area contributed by atoms with E-state index in [2.05, 4.69) is 9.93 Å². The van der Waals surface area contributed by atoms with Crippen molar-refractivity contribution in [1.82, 2.24) is 4.83 Å². The van der Waals surface area contributed by atoms with Gasteiger partial charge < -0.3 is 4.74 Å². The first-order chi connectivity index (χ1) is 11.0. The highest BCUT2D eigenvalue weighted by Gasteiger charge is 2.21. The van der Waals surface area contributed by atoms with Gasteiger partial charge >= 0.3 is 0 Å². The number of hydrogen-bond donors (Lipinski definition) is 1. The molecule has 2 aromatic carbocycles. The van der Waals surface area contributed by atoms with E-state index < -0.39 is 15.8 Å². The van der Waals surface area contributed by atoms with Gasteiger partial charge in [0, 0.05) is 12.0 Å². The fourth-order valence-corrected chi connectivity index (χ4v) is 3.10. The van der Waals surface area contributed by atoms with E-state index in [4.69, 9.17) is 4.74 Å². The monoisotopic (exact) mass is 334 g/mol. The molecule has 7 heteroatoms. The van der Waals surface area contributed by atoms with Crippen LogP contribution in [-0.2, 0) is 10.0 Å². The van der Waals surface area contributed by atoms with E-state index in [1.807, 2.05) is 6.92 Å². The fourth-order valence-electron chi connectivity index (χ4n) is 2.27. The van der Waals surface area contributed by atoms with Crippen molar-refractivity contribution in [2.75, 3.05) is 6.61 Å². The van der Waals surface area contributed by atoms with E-state index in [9.17, 15) is 12.8 Å². The van der Waals surface area contributed by atoms with Gasteiger partial charge in [0.05, 0.1) is 17.2 Å². The minimum atomic E-state index is -3.76. The van der Waals surface area contributed by atoms with E-state index in [1.54, 1.807) is 18.2 Å². The van der Waals surface area contributed by atoms with Crippen molar-refractivity contribution in [3.8, 4) is 5.75 Å². The molecule has 23 heavy (non-hydrogen) atoms. The maximum Gasteiger partial charge on any atom is 0.276 e. The molecule has 0 bridgehead atoms. The van der Waals surface area contributed by atoms with Crippen LogP contribution in [0.4, 0.5) is 4.39 Å². The maximum atomic E-state index is 13.7. The Morgan fingerprint density at radius 3 is 2.65 bits per heavy atom. The predicted molar refractivity (Wildman–Crippen MR) is 84.5 cm³/mol. The van der Waals surface area contributed by atoms with Gasteiger partial charge in [-0.25, -0.2) is 4.39 Å². The number of hydrogen-bond acceptors (Lipinski definition) is 4. The standard InChI is InChI=1S/C16H15FN2O3S/c1-11-5-7-12(8-6-11)23(20,21)19-18-15-9-10-22-16-13(15)3-2-4-14(16)17/h2-8,19H,9-10H2,1H3. The summed E-state index contributed by atoms with van der Waals surface area (Å²) in [6.45, 7) is 2.12. The van der Waals surface area contributed by atoms with Crippen LogP contribution in [0.3, 0.4) is 0 Å². The van der Waals surface area contributed by atoms with Crippen LogP contribution in [0.25, 0.3) is 0 Å². The third-order valence-electron chi connectivity index (χ3n) is 3.50. The van der Waals surface area contributed by atoms with Crippen LogP contribution in [0.15, 0.2) is 52.5 Å². The molecule has 0 atom stereocenters. The van der Waals surface area contributed by atoms with Crippen molar-refractivity contribution in [2.24, 2.45) is 5.10 Å². The van der Waals surface area contributed by atoms with Crippen molar-refractivity contribution in [3.05, 3.63) is 59.4 Å². The lowest BCUT2D eigenvalue weighted by molar-refractivity contribution is 0.303. The molecule has 2 aromatic rings. The molecule has 0 aliphatic carbocycles. The number of para-hydroxylation sites is 1. The molecule has 1 aliphatic heterocycles. The van der Waals surface area contributed by atoms with Crippen LogP contribution in [0.2, 0.25) is 0 Å². The fraction of sp³-hybridized carbons (Fsp3) is 0.188. The van der Waals surface area contributed by atoms with Crippen LogP contribution in [0, 0.1) is 12.7 Å². The number of rotatable bonds is 3. The number of fused-ring (bicyclic) bond motifs is 1. The molecule has 0 saturated heterocycles. The molecule has 0 saturated carbocycles. The van der Waals surface area contributed by atoms with Gasteiger partial charge in [0.1, 0.15) is 0 Å². The predicted octanol–water partition coefficient (Wildman–Crippen LogP) is 2.60. The molecule has 1 heterocycles. The molecule has 120 valence electrons. The molecule has 0 unspecified atom stereocenters. The van der Waals surface area contributed by atoms with Gasteiger partial charge in [-0.15, -0.1) is 0 Å². The second kappa shape index (κ2) is 6.00. The average Bonchev–Trinajstić information content (AvgIpc) is 2.54. The van der Waals surface area contributed by atoms with Crippen LogP contribution in [-0.4, -0.2) is 20.7 Å². The third-order valence-corrected chi connectivity index (χ3v) is 4.72. The molecule has 0 amide bonds. The molecule has 1 aliphatic rings. The Bertz CT molecular complexity index is 861. The molecule has 0 aromatic heterocycles. The number of ether oxygens (including phenoxy) is 1. The van der Waals surface area contributed by atoms with Crippen LogP contribution in [0.1, 0.15) is 17.5 Å². The van der Waals surface area contributed by atoms with Crippen LogP contribution < -0.4 is 9.57 Å². The minimum Gasteiger partial charge on any atom is -0.489 e. The number of hydrazone groups is 1. The quantitative estimate of drug-likeness (QED) is 0.877. The summed E-state index contributed by atoms with van der Waals surface area (Å²) >= 11 is 0. The highest BCUT2D eigenvalue weighted by molar-refractivity contribution is 7.89. The lowest BCUT2D eigenvalue weighted by Gasteiger charge is -2.19. The Hall–Kier alpha value is -2.41. The first-order valence-electron chi connectivity index (χ1n) is 7.04. The molecule has 1 N–H and O–H groups in total. The lowest BCUT2D eigenvalue weighted by atomic mass is 10.0. The highest BCUT2D eigenvalue weighted by Crippen LogP contribution is 2.27. The number of halogens is 1. The molecular formula is C16H15FN2O3S. The first-order valence-corrected chi connectivity index (χ1v) is 8.52. The molecule has 0 spiro atoms. The first kappa shape index (κ1) is 15.5. The molecule has 0 radical (unpaired) electrons. The summed E-state index contributed by atoms with van der Waals surface area (Å²) in [5, 5.41) is 3.97. The summed E-state index contributed by atoms with van der Waals surface area (Å²) in [4.78, 5) is 2.33. The van der Waals surface area contributed by atoms with Gasteiger partial charge in [0.2, 0.25) is 0 Å². The Kier molecular flexibility index (Phi) is 4.04. The number of nitrogens with zero attached hydrogens (tertiary/aromatic N) is 1. The van der Waals surface area contributed by atoms with E-state index in [-0.39, 0.29) is 17.3 Å². The summed E-state index contributed by atoms with van der Waals surface area (Å²) in [7, 11) is -3.76. The Balaban J connectivity index is 1.89. The van der Waals surface area contributed by atoms with Crippen LogP contribution >= 0.6 is 0 Å². The minimum absolute atomic E-state index is 0.104. The number of sulfonamides is 1. The van der Waals surface area contributed by atoms with Crippen molar-refractivity contribution < 1.29 is 17.5 Å². The zero-order valence-corrected chi connectivity index (χ0v) is 13.2. The topological polar surface area (TPSA) is 67.8 Å². The average molecular weight is 334 g/mol. The zero-order chi connectivity index (χ0) is 16.4. The van der Waals surface area contributed by atoms with E-state index in [0.29, 0.717) is 17.7 Å². The van der Waals surface area contributed by atoms with Gasteiger partial charge in [-0.05, 0) is 31.2 Å². The van der Waals surface area contributed by atoms with Gasteiger partial charge in [-0.2, -0.15) is 18.4 Å². The number of nitrogens with one attached hydrogen (secondary N) is 1. The van der Waals surface area contributed by atoms with E-state index in [1.165, 1.54) is 24.3 Å².